The second-order valence-corrected chi connectivity index (χ2v) is 9.25. The zero-order valence-electron chi connectivity index (χ0n) is 18.6. The van der Waals surface area contributed by atoms with Crippen LogP contribution in [0.15, 0.2) is 42.5 Å². The molecule has 1 saturated carbocycles. The smallest absolute Gasteiger partial charge is 0.303 e. The summed E-state index contributed by atoms with van der Waals surface area (Å²) < 4.78 is 13.4. The number of carboxylic acid groups (broad SMARTS) is 1. The van der Waals surface area contributed by atoms with Crippen LogP contribution >= 0.6 is 0 Å². The molecule has 0 amide bonds. The average Bonchev–Trinajstić information content (AvgIpc) is 3.50. The third-order valence-electron chi connectivity index (χ3n) is 5.62. The van der Waals surface area contributed by atoms with Gasteiger partial charge in [0.05, 0.1) is 23.4 Å². The van der Waals surface area contributed by atoms with E-state index in [1.54, 1.807) is 26.0 Å². The van der Waals surface area contributed by atoms with Gasteiger partial charge in [-0.15, -0.1) is 0 Å². The summed E-state index contributed by atoms with van der Waals surface area (Å²) >= 11 is 0. The molecule has 0 bridgehead atoms. The number of carbonyl (C=O) groups is 1. The predicted octanol–water partition coefficient (Wildman–Crippen LogP) is 5.52. The van der Waals surface area contributed by atoms with E-state index < -0.39 is 11.6 Å². The second-order valence-electron chi connectivity index (χ2n) is 9.25. The molecule has 1 fully saturated rings. The molecule has 2 aromatic carbocycles. The number of hydrogen-bond donors (Lipinski definition) is 3. The van der Waals surface area contributed by atoms with Crippen molar-refractivity contribution < 1.29 is 19.4 Å². The lowest BCUT2D eigenvalue weighted by Crippen LogP contribution is -2.40. The summed E-state index contributed by atoms with van der Waals surface area (Å²) in [6.45, 7) is 6.92. The number of benzene rings is 2. The van der Waals surface area contributed by atoms with Crippen LogP contribution in [0, 0.1) is 11.7 Å². The van der Waals surface area contributed by atoms with E-state index in [2.05, 4.69) is 10.2 Å². The lowest BCUT2D eigenvalue weighted by molar-refractivity contribution is -0.137. The molecule has 3 N–H and O–H groups in total. The molecule has 1 aliphatic carbocycles. The fourth-order valence-corrected chi connectivity index (χ4v) is 3.91. The normalized spacial score (nSPS) is 14.9. The Bertz CT molecular complexity index is 889. The molecule has 168 valence electrons. The molecule has 2 aromatic rings. The maximum Gasteiger partial charge on any atom is 0.303 e. The number of nitrogens with one attached hydrogen (secondary N) is 1. The molecule has 6 heteroatoms. The first kappa shape index (κ1) is 23.1. The Morgan fingerprint density at radius 3 is 2.45 bits per heavy atom. The molecule has 0 unspecified atom stereocenters. The van der Waals surface area contributed by atoms with Crippen molar-refractivity contribution in [1.29, 1.82) is 0 Å². The van der Waals surface area contributed by atoms with E-state index in [0.717, 1.165) is 35.6 Å². The SMILES string of the molecule is CC[C@H](CC(=O)O)c1ccc(N(CC2CC2)CC(C)(C)O)c(Nc2ccc(F)cc2)c1. The molecule has 0 aromatic heterocycles. The Labute approximate surface area is 183 Å². The van der Waals surface area contributed by atoms with E-state index in [0.29, 0.717) is 12.5 Å². The van der Waals surface area contributed by atoms with Crippen molar-refractivity contribution in [3.05, 3.63) is 53.8 Å². The Kier molecular flexibility index (Phi) is 7.21. The molecule has 1 atom stereocenters. The number of aliphatic hydroxyl groups is 1. The molecule has 0 aliphatic heterocycles. The Morgan fingerprint density at radius 2 is 1.90 bits per heavy atom. The van der Waals surface area contributed by atoms with Crippen molar-refractivity contribution in [2.75, 3.05) is 23.3 Å². The first-order chi connectivity index (χ1) is 14.6. The fourth-order valence-electron chi connectivity index (χ4n) is 3.91. The lowest BCUT2D eigenvalue weighted by atomic mass is 9.92. The first-order valence-corrected chi connectivity index (χ1v) is 11.0. The van der Waals surface area contributed by atoms with E-state index in [1.807, 2.05) is 25.1 Å². The van der Waals surface area contributed by atoms with E-state index in [-0.39, 0.29) is 18.2 Å². The summed E-state index contributed by atoms with van der Waals surface area (Å²) in [7, 11) is 0. The summed E-state index contributed by atoms with van der Waals surface area (Å²) in [5.41, 5.74) is 2.62. The maximum atomic E-state index is 13.4. The van der Waals surface area contributed by atoms with Crippen LogP contribution in [-0.2, 0) is 4.79 Å². The van der Waals surface area contributed by atoms with Crippen molar-refractivity contribution in [3.63, 3.8) is 0 Å². The lowest BCUT2D eigenvalue weighted by Gasteiger charge is -2.33. The highest BCUT2D eigenvalue weighted by molar-refractivity contribution is 5.77. The minimum Gasteiger partial charge on any atom is -0.481 e. The highest BCUT2D eigenvalue weighted by Gasteiger charge is 2.29. The third-order valence-corrected chi connectivity index (χ3v) is 5.62. The van der Waals surface area contributed by atoms with Crippen LogP contribution in [-0.4, -0.2) is 34.9 Å². The van der Waals surface area contributed by atoms with Gasteiger partial charge >= 0.3 is 5.97 Å². The predicted molar refractivity (Wildman–Crippen MR) is 123 cm³/mol. The Hall–Kier alpha value is -2.60. The molecule has 3 rings (SSSR count). The Morgan fingerprint density at radius 1 is 1.23 bits per heavy atom. The topological polar surface area (TPSA) is 72.8 Å². The van der Waals surface area contributed by atoms with Crippen LogP contribution in [0.3, 0.4) is 0 Å². The highest BCUT2D eigenvalue weighted by atomic mass is 19.1. The number of anilines is 3. The monoisotopic (exact) mass is 428 g/mol. The van der Waals surface area contributed by atoms with Crippen molar-refractivity contribution in [1.82, 2.24) is 0 Å². The van der Waals surface area contributed by atoms with Crippen LogP contribution < -0.4 is 10.2 Å². The van der Waals surface area contributed by atoms with Gasteiger partial charge in [-0.05, 0) is 86.9 Å². The summed E-state index contributed by atoms with van der Waals surface area (Å²) in [6.07, 6.45) is 3.17. The molecule has 1 aliphatic rings. The van der Waals surface area contributed by atoms with Crippen molar-refractivity contribution in [2.45, 2.75) is 58.0 Å². The molecule has 0 radical (unpaired) electrons. The van der Waals surface area contributed by atoms with Gasteiger partial charge in [0.25, 0.3) is 0 Å². The van der Waals surface area contributed by atoms with Gasteiger partial charge in [-0.3, -0.25) is 4.79 Å². The van der Waals surface area contributed by atoms with Gasteiger partial charge in [-0.25, -0.2) is 4.39 Å². The van der Waals surface area contributed by atoms with Crippen LogP contribution in [0.5, 0.6) is 0 Å². The maximum absolute atomic E-state index is 13.4. The second kappa shape index (κ2) is 9.69. The van der Waals surface area contributed by atoms with Gasteiger partial charge in [-0.1, -0.05) is 13.0 Å². The van der Waals surface area contributed by atoms with Crippen LogP contribution in [0.4, 0.5) is 21.5 Å². The zero-order chi connectivity index (χ0) is 22.6. The van der Waals surface area contributed by atoms with Crippen molar-refractivity contribution >= 4 is 23.0 Å². The number of nitrogens with zero attached hydrogens (tertiary/aromatic N) is 1. The van der Waals surface area contributed by atoms with Gasteiger partial charge in [0.15, 0.2) is 0 Å². The number of aliphatic carboxylic acids is 1. The number of carboxylic acids is 1. The van der Waals surface area contributed by atoms with Gasteiger partial charge in [0, 0.05) is 18.8 Å². The molecule has 0 saturated heterocycles. The van der Waals surface area contributed by atoms with Crippen LogP contribution in [0.25, 0.3) is 0 Å². The highest BCUT2D eigenvalue weighted by Crippen LogP contribution is 2.38. The fraction of sp³-hybridized carbons (Fsp3) is 0.480. The summed E-state index contributed by atoms with van der Waals surface area (Å²) in [6, 6.07) is 12.2. The molecular weight excluding hydrogens is 395 g/mol. The van der Waals surface area contributed by atoms with Crippen molar-refractivity contribution in [3.8, 4) is 0 Å². The zero-order valence-corrected chi connectivity index (χ0v) is 18.6. The summed E-state index contributed by atoms with van der Waals surface area (Å²) in [5, 5.41) is 23.2. The minimum atomic E-state index is -0.865. The van der Waals surface area contributed by atoms with Gasteiger partial charge in [-0.2, -0.15) is 0 Å². The molecule has 5 nitrogen and oxygen atoms in total. The van der Waals surface area contributed by atoms with E-state index in [9.17, 15) is 19.4 Å². The average molecular weight is 429 g/mol. The largest absolute Gasteiger partial charge is 0.481 e. The van der Waals surface area contributed by atoms with Crippen LogP contribution in [0.1, 0.15) is 57.9 Å². The standard InChI is InChI=1S/C25H33FN2O3/c1-4-18(14-24(29)30)19-7-12-23(28(15-17-5-6-17)16-25(2,3)31)22(13-19)27-21-10-8-20(26)9-11-21/h7-13,17-18,27,31H,4-6,14-16H2,1-3H3,(H,29,30)/t18-/m1/s1. The van der Waals surface area contributed by atoms with Crippen LogP contribution in [0.2, 0.25) is 0 Å². The van der Waals surface area contributed by atoms with E-state index in [1.165, 1.54) is 25.0 Å². The molecule has 31 heavy (non-hydrogen) atoms. The summed E-state index contributed by atoms with van der Waals surface area (Å²) in [5.74, 6) is -0.589. The molecule has 0 heterocycles. The molecular formula is C25H33FN2O3. The molecule has 0 spiro atoms. The number of hydrogen-bond acceptors (Lipinski definition) is 4. The van der Waals surface area contributed by atoms with Crippen molar-refractivity contribution in [2.24, 2.45) is 5.92 Å². The summed E-state index contributed by atoms with van der Waals surface area (Å²) in [4.78, 5) is 13.5. The quantitative estimate of drug-likeness (QED) is 0.439. The Balaban J connectivity index is 2.00. The number of rotatable bonds is 11. The van der Waals surface area contributed by atoms with E-state index in [4.69, 9.17) is 0 Å². The van der Waals surface area contributed by atoms with E-state index >= 15 is 0 Å². The van der Waals surface area contributed by atoms with Gasteiger partial charge < -0.3 is 20.4 Å². The first-order valence-electron chi connectivity index (χ1n) is 11.0. The minimum absolute atomic E-state index is 0.0707. The van der Waals surface area contributed by atoms with Gasteiger partial charge in [0.1, 0.15) is 5.82 Å². The number of halogens is 1. The van der Waals surface area contributed by atoms with Gasteiger partial charge in [0.2, 0.25) is 0 Å². The third kappa shape index (κ3) is 6.96.